The number of aliphatic hydroxyl groups excluding tert-OH is 4. The van der Waals surface area contributed by atoms with Crippen LogP contribution >= 0.6 is 11.8 Å². The highest BCUT2D eigenvalue weighted by Gasteiger charge is 2.50. The van der Waals surface area contributed by atoms with Gasteiger partial charge in [-0.25, -0.2) is 0 Å². The molecular formula is C10H19NO6S. The molecule has 0 saturated carbocycles. The maximum absolute atomic E-state index is 11.0. The van der Waals surface area contributed by atoms with Crippen LogP contribution in [0.2, 0.25) is 0 Å². The smallest absolute Gasteiger partial charge is 0.163 e. The van der Waals surface area contributed by atoms with E-state index in [-0.39, 0.29) is 0 Å². The third kappa shape index (κ3) is 3.14. The molecule has 0 aromatic carbocycles. The van der Waals surface area contributed by atoms with Crippen molar-refractivity contribution in [3.63, 3.8) is 0 Å². The van der Waals surface area contributed by atoms with Crippen molar-refractivity contribution < 1.29 is 35.6 Å². The summed E-state index contributed by atoms with van der Waals surface area (Å²) >= 11 is 1.19. The number of carboxylic acid groups (broad SMARTS) is 1. The number of thioether (sulfide) groups is 1. The number of aliphatic hydroxyl groups is 4. The number of hydrogen-bond donors (Lipinski definition) is 5. The van der Waals surface area contributed by atoms with Crippen LogP contribution in [0.15, 0.2) is 0 Å². The fourth-order valence-electron chi connectivity index (χ4n) is 1.96. The molecule has 1 saturated heterocycles. The largest absolute Gasteiger partial charge is 0.544 e. The summed E-state index contributed by atoms with van der Waals surface area (Å²) in [6.07, 6.45) is -4.33. The second kappa shape index (κ2) is 5.72. The first-order valence-corrected chi connectivity index (χ1v) is 6.47. The lowest BCUT2D eigenvalue weighted by atomic mass is 10.0. The summed E-state index contributed by atoms with van der Waals surface area (Å²) in [4.78, 5) is 11.0. The van der Waals surface area contributed by atoms with E-state index >= 15 is 0 Å². The van der Waals surface area contributed by atoms with Crippen LogP contribution in [0.25, 0.3) is 0 Å². The van der Waals surface area contributed by atoms with Crippen LogP contribution < -0.4 is 10.4 Å². The highest BCUT2D eigenvalue weighted by atomic mass is 32.2. The van der Waals surface area contributed by atoms with E-state index in [0.717, 1.165) is 0 Å². The van der Waals surface area contributed by atoms with Gasteiger partial charge in [-0.3, -0.25) is 0 Å². The molecule has 0 radical (unpaired) electrons. The molecule has 5 atom stereocenters. The molecule has 1 rings (SSSR count). The minimum Gasteiger partial charge on any atom is -0.544 e. The lowest BCUT2D eigenvalue weighted by Crippen LogP contribution is -2.97. The standard InChI is InChI=1S/C10H19NO6S/c1-10(2)7(9(16)17)11-8(18-10)6(15)5(14)4(13)3-12/h4-8,11-15H,3H2,1-2H3,(H,16,17)/t4-,5-,6+,7+,8-/m1/s1. The number of nitrogens with two attached hydrogens (primary N) is 1. The van der Waals surface area contributed by atoms with Gasteiger partial charge in [-0.05, 0) is 13.8 Å². The maximum Gasteiger partial charge on any atom is 0.163 e. The predicted molar refractivity (Wildman–Crippen MR) is 61.3 cm³/mol. The number of carbonyl (C=O) groups excluding carboxylic acids is 1. The van der Waals surface area contributed by atoms with Gasteiger partial charge < -0.3 is 35.6 Å². The molecule has 8 heteroatoms. The van der Waals surface area contributed by atoms with Gasteiger partial charge in [-0.2, -0.15) is 0 Å². The quantitative estimate of drug-likeness (QED) is 0.343. The second-order valence-corrected chi connectivity index (χ2v) is 6.74. The van der Waals surface area contributed by atoms with Gasteiger partial charge in [0.1, 0.15) is 30.3 Å². The zero-order chi connectivity index (χ0) is 14.1. The van der Waals surface area contributed by atoms with E-state index in [1.807, 2.05) is 0 Å². The average molecular weight is 281 g/mol. The number of carboxylic acids is 1. The first-order chi connectivity index (χ1) is 8.20. The Balaban J connectivity index is 2.73. The lowest BCUT2D eigenvalue weighted by Gasteiger charge is -2.24. The summed E-state index contributed by atoms with van der Waals surface area (Å²) in [5.74, 6) is -1.24. The van der Waals surface area contributed by atoms with Crippen LogP contribution in [0.1, 0.15) is 13.8 Å². The van der Waals surface area contributed by atoms with E-state index in [1.54, 1.807) is 13.8 Å². The van der Waals surface area contributed by atoms with Crippen molar-refractivity contribution in [3.8, 4) is 0 Å². The summed E-state index contributed by atoms with van der Waals surface area (Å²) in [5, 5.41) is 49.1. The summed E-state index contributed by atoms with van der Waals surface area (Å²) in [5.41, 5.74) is 0. The number of carbonyl (C=O) groups is 1. The molecule has 0 amide bonds. The van der Waals surface area contributed by atoms with Crippen molar-refractivity contribution in [2.45, 2.75) is 48.3 Å². The van der Waals surface area contributed by atoms with Crippen molar-refractivity contribution in [1.82, 2.24) is 0 Å². The number of rotatable bonds is 5. The van der Waals surface area contributed by atoms with Crippen LogP contribution in [0.5, 0.6) is 0 Å². The number of quaternary nitrogens is 1. The maximum atomic E-state index is 11.0. The molecular weight excluding hydrogens is 262 g/mol. The molecule has 0 unspecified atom stereocenters. The molecule has 0 aromatic heterocycles. The van der Waals surface area contributed by atoms with E-state index < -0.39 is 47.1 Å². The van der Waals surface area contributed by atoms with Crippen molar-refractivity contribution in [2.24, 2.45) is 0 Å². The highest BCUT2D eigenvalue weighted by molar-refractivity contribution is 8.01. The van der Waals surface area contributed by atoms with Crippen molar-refractivity contribution in [1.29, 1.82) is 0 Å². The topological polar surface area (TPSA) is 138 Å². The Kier molecular flexibility index (Phi) is 4.98. The van der Waals surface area contributed by atoms with Crippen molar-refractivity contribution >= 4 is 17.7 Å². The van der Waals surface area contributed by atoms with E-state index in [2.05, 4.69) is 0 Å². The van der Waals surface area contributed by atoms with E-state index in [0.29, 0.717) is 0 Å². The summed E-state index contributed by atoms with van der Waals surface area (Å²) in [6.45, 7) is 2.73. The van der Waals surface area contributed by atoms with Crippen molar-refractivity contribution in [2.75, 3.05) is 6.61 Å². The zero-order valence-corrected chi connectivity index (χ0v) is 11.0. The first kappa shape index (κ1) is 15.7. The van der Waals surface area contributed by atoms with Crippen LogP contribution in [-0.4, -0.2) is 67.5 Å². The second-order valence-electron chi connectivity index (χ2n) is 4.91. The molecule has 18 heavy (non-hydrogen) atoms. The Hall–Kier alpha value is -0.380. The number of hydrogen-bond acceptors (Lipinski definition) is 7. The average Bonchev–Trinajstić information content (AvgIpc) is 2.62. The monoisotopic (exact) mass is 281 g/mol. The summed E-state index contributed by atoms with van der Waals surface area (Å²) in [7, 11) is 0. The number of aliphatic carboxylic acids is 1. The van der Waals surface area contributed by atoms with Gasteiger partial charge in [0.05, 0.1) is 11.4 Å². The molecule has 0 aliphatic carbocycles. The minimum atomic E-state index is -1.53. The van der Waals surface area contributed by atoms with E-state index in [4.69, 9.17) is 5.11 Å². The Morgan fingerprint density at radius 3 is 2.39 bits per heavy atom. The van der Waals surface area contributed by atoms with Gasteiger partial charge in [0.25, 0.3) is 0 Å². The van der Waals surface area contributed by atoms with E-state index in [1.165, 1.54) is 17.1 Å². The van der Waals surface area contributed by atoms with Gasteiger partial charge in [0.15, 0.2) is 5.37 Å². The molecule has 106 valence electrons. The Morgan fingerprint density at radius 2 is 2.00 bits per heavy atom. The molecule has 1 fully saturated rings. The van der Waals surface area contributed by atoms with Crippen LogP contribution in [0.3, 0.4) is 0 Å². The molecule has 1 aliphatic heterocycles. The Labute approximate surface area is 109 Å². The van der Waals surface area contributed by atoms with Crippen LogP contribution in [-0.2, 0) is 4.79 Å². The first-order valence-electron chi connectivity index (χ1n) is 5.59. The fraction of sp³-hybridized carbons (Fsp3) is 0.900. The van der Waals surface area contributed by atoms with Gasteiger partial charge in [0, 0.05) is 0 Å². The lowest BCUT2D eigenvalue weighted by molar-refractivity contribution is -0.697. The van der Waals surface area contributed by atoms with Crippen molar-refractivity contribution in [3.05, 3.63) is 0 Å². The predicted octanol–water partition coefficient (Wildman–Crippen LogP) is -4.41. The fourth-order valence-corrected chi connectivity index (χ4v) is 3.52. The molecule has 0 bridgehead atoms. The Morgan fingerprint density at radius 1 is 1.44 bits per heavy atom. The molecule has 1 aliphatic rings. The minimum absolute atomic E-state index is 0.640. The molecule has 7 nitrogen and oxygen atoms in total. The molecule has 0 aromatic rings. The van der Waals surface area contributed by atoms with E-state index in [9.17, 15) is 25.2 Å². The van der Waals surface area contributed by atoms with Gasteiger partial charge in [-0.1, -0.05) is 11.8 Å². The highest BCUT2D eigenvalue weighted by Crippen LogP contribution is 2.35. The normalized spacial score (nSPS) is 31.9. The third-order valence-electron chi connectivity index (χ3n) is 3.09. The SMILES string of the molecule is CC1(C)S[C@H]([C@@H](O)[C@H](O)[C@H](O)CO)[NH2+][C@H]1C(=O)[O-]. The van der Waals surface area contributed by atoms with Gasteiger partial charge >= 0.3 is 0 Å². The van der Waals surface area contributed by atoms with Gasteiger partial charge in [0.2, 0.25) is 0 Å². The third-order valence-corrected chi connectivity index (χ3v) is 4.66. The van der Waals surface area contributed by atoms with Gasteiger partial charge in [-0.15, -0.1) is 0 Å². The molecule has 0 spiro atoms. The summed E-state index contributed by atoms with van der Waals surface area (Å²) in [6, 6.07) is -0.847. The molecule has 1 heterocycles. The zero-order valence-electron chi connectivity index (χ0n) is 10.2. The van der Waals surface area contributed by atoms with Crippen LogP contribution in [0.4, 0.5) is 0 Å². The Bertz CT molecular complexity index is 313. The van der Waals surface area contributed by atoms with Crippen LogP contribution in [0, 0.1) is 0 Å². The molecule has 6 N–H and O–H groups in total. The summed E-state index contributed by atoms with van der Waals surface area (Å²) < 4.78 is -0.658.